The van der Waals surface area contributed by atoms with E-state index < -0.39 is 0 Å². The van der Waals surface area contributed by atoms with Crippen molar-refractivity contribution in [1.29, 1.82) is 0 Å². The normalized spacial score (nSPS) is 20.1. The Kier molecular flexibility index (Phi) is 6.29. The molecule has 1 aliphatic rings. The highest BCUT2D eigenvalue weighted by atomic mass is 79.9. The summed E-state index contributed by atoms with van der Waals surface area (Å²) in [6.45, 7) is 7.40. The van der Waals surface area contributed by atoms with E-state index in [1.165, 1.54) is 0 Å². The zero-order chi connectivity index (χ0) is 14.4. The smallest absolute Gasteiger partial charge is 0.138 e. The molecular weight excluding hydrogens is 320 g/mol. The van der Waals surface area contributed by atoms with Gasteiger partial charge in [0.15, 0.2) is 0 Å². The number of nitrogens with zero attached hydrogens (tertiary/aromatic N) is 1. The van der Waals surface area contributed by atoms with Crippen LogP contribution < -0.4 is 10.1 Å². The predicted molar refractivity (Wildman–Crippen MR) is 84.3 cm³/mol. The first-order chi connectivity index (χ1) is 9.74. The quantitative estimate of drug-likeness (QED) is 0.859. The van der Waals surface area contributed by atoms with Gasteiger partial charge in [-0.05, 0) is 35.6 Å². The molecule has 0 radical (unpaired) electrons. The number of hydrogen-bond acceptors (Lipinski definition) is 4. The molecule has 1 unspecified atom stereocenters. The van der Waals surface area contributed by atoms with Gasteiger partial charge in [-0.25, -0.2) is 0 Å². The Morgan fingerprint density at radius 1 is 1.50 bits per heavy atom. The maximum atomic E-state index is 6.01. The van der Waals surface area contributed by atoms with Gasteiger partial charge in [0.05, 0.1) is 11.1 Å². The summed E-state index contributed by atoms with van der Waals surface area (Å²) in [5, 5.41) is 3.17. The van der Waals surface area contributed by atoms with Crippen molar-refractivity contribution in [2.24, 2.45) is 0 Å². The van der Waals surface area contributed by atoms with Gasteiger partial charge in [0.25, 0.3) is 0 Å². The number of hydrogen-bond donors (Lipinski definition) is 1. The Balaban J connectivity index is 1.96. The average molecular weight is 343 g/mol. The Morgan fingerprint density at radius 2 is 2.35 bits per heavy atom. The molecule has 1 heterocycles. The van der Waals surface area contributed by atoms with Gasteiger partial charge in [0, 0.05) is 25.2 Å². The van der Waals surface area contributed by atoms with Gasteiger partial charge in [0.2, 0.25) is 0 Å². The standard InChI is InChI=1S/C15H23BrN2O2/c1-3-18-7-8-19-13(10-18)11-20-15-12(9-17-2)5-4-6-14(15)16/h4-6,13,17H,3,7-11H2,1-2H3. The van der Waals surface area contributed by atoms with Crippen LogP contribution in [0.3, 0.4) is 0 Å². The Labute approximate surface area is 129 Å². The zero-order valence-corrected chi connectivity index (χ0v) is 13.8. The molecule has 1 aliphatic heterocycles. The van der Waals surface area contributed by atoms with Gasteiger partial charge in [-0.3, -0.25) is 4.90 Å². The summed E-state index contributed by atoms with van der Waals surface area (Å²) in [4.78, 5) is 2.39. The summed E-state index contributed by atoms with van der Waals surface area (Å²) >= 11 is 3.56. The zero-order valence-electron chi connectivity index (χ0n) is 12.2. The van der Waals surface area contributed by atoms with Crippen LogP contribution in [0.4, 0.5) is 0 Å². The van der Waals surface area contributed by atoms with Crippen LogP contribution in [0.15, 0.2) is 22.7 Å². The number of nitrogens with one attached hydrogen (secondary N) is 1. The predicted octanol–water partition coefficient (Wildman–Crippen LogP) is 2.27. The SMILES string of the molecule is CCN1CCOC(COc2c(Br)cccc2CNC)C1. The lowest BCUT2D eigenvalue weighted by molar-refractivity contribution is -0.0466. The maximum Gasteiger partial charge on any atom is 0.138 e. The number of benzene rings is 1. The summed E-state index contributed by atoms with van der Waals surface area (Å²) in [5.74, 6) is 0.916. The third kappa shape index (κ3) is 4.19. The highest BCUT2D eigenvalue weighted by Crippen LogP contribution is 2.29. The van der Waals surface area contributed by atoms with Gasteiger partial charge in [-0.1, -0.05) is 19.1 Å². The van der Waals surface area contributed by atoms with E-state index in [0.717, 1.165) is 48.6 Å². The van der Waals surface area contributed by atoms with Crippen LogP contribution >= 0.6 is 15.9 Å². The monoisotopic (exact) mass is 342 g/mol. The number of rotatable bonds is 6. The molecule has 0 aromatic heterocycles. The van der Waals surface area contributed by atoms with E-state index in [9.17, 15) is 0 Å². The molecule has 0 spiro atoms. The molecule has 4 nitrogen and oxygen atoms in total. The molecule has 5 heteroatoms. The second kappa shape index (κ2) is 7.98. The molecule has 2 rings (SSSR count). The lowest BCUT2D eigenvalue weighted by atomic mass is 10.2. The van der Waals surface area contributed by atoms with Crippen molar-refractivity contribution < 1.29 is 9.47 Å². The maximum absolute atomic E-state index is 6.01. The minimum absolute atomic E-state index is 0.151. The van der Waals surface area contributed by atoms with E-state index in [-0.39, 0.29) is 6.10 Å². The first kappa shape index (κ1) is 15.8. The van der Waals surface area contributed by atoms with Crippen LogP contribution in [0.25, 0.3) is 0 Å². The fraction of sp³-hybridized carbons (Fsp3) is 0.600. The number of likely N-dealkylation sites (N-methyl/N-ethyl adjacent to an activating group) is 1. The highest BCUT2D eigenvalue weighted by Gasteiger charge is 2.20. The molecule has 112 valence electrons. The van der Waals surface area contributed by atoms with Gasteiger partial charge in [-0.2, -0.15) is 0 Å². The third-order valence-corrected chi connectivity index (χ3v) is 4.12. The van der Waals surface area contributed by atoms with E-state index in [1.54, 1.807) is 0 Å². The van der Waals surface area contributed by atoms with Crippen molar-refractivity contribution in [3.63, 3.8) is 0 Å². The summed E-state index contributed by atoms with van der Waals surface area (Å²) in [7, 11) is 1.94. The van der Waals surface area contributed by atoms with Crippen molar-refractivity contribution in [1.82, 2.24) is 10.2 Å². The first-order valence-electron chi connectivity index (χ1n) is 7.13. The Morgan fingerprint density at radius 3 is 3.10 bits per heavy atom. The van der Waals surface area contributed by atoms with E-state index in [4.69, 9.17) is 9.47 Å². The van der Waals surface area contributed by atoms with Crippen LogP contribution in [0.2, 0.25) is 0 Å². The second-order valence-electron chi connectivity index (χ2n) is 4.96. The van der Waals surface area contributed by atoms with E-state index in [0.29, 0.717) is 6.61 Å². The number of halogens is 1. The van der Waals surface area contributed by atoms with Crippen molar-refractivity contribution in [3.8, 4) is 5.75 Å². The van der Waals surface area contributed by atoms with Crippen molar-refractivity contribution in [3.05, 3.63) is 28.2 Å². The van der Waals surface area contributed by atoms with Crippen LogP contribution in [0, 0.1) is 0 Å². The number of para-hydroxylation sites is 1. The molecular formula is C15H23BrN2O2. The molecule has 0 amide bonds. The summed E-state index contributed by atoms with van der Waals surface area (Å²) < 4.78 is 12.8. The molecule has 1 aromatic carbocycles. The van der Waals surface area contributed by atoms with Crippen LogP contribution in [0.1, 0.15) is 12.5 Å². The van der Waals surface area contributed by atoms with Crippen molar-refractivity contribution in [2.75, 3.05) is 39.9 Å². The summed E-state index contributed by atoms with van der Waals surface area (Å²) in [6, 6.07) is 6.12. The van der Waals surface area contributed by atoms with Gasteiger partial charge >= 0.3 is 0 Å². The van der Waals surface area contributed by atoms with E-state index in [1.807, 2.05) is 19.2 Å². The fourth-order valence-electron chi connectivity index (χ4n) is 2.39. The molecule has 1 aromatic rings. The lowest BCUT2D eigenvalue weighted by Crippen LogP contribution is -2.44. The molecule has 1 atom stereocenters. The molecule has 1 saturated heterocycles. The van der Waals surface area contributed by atoms with Crippen molar-refractivity contribution >= 4 is 15.9 Å². The molecule has 0 bridgehead atoms. The van der Waals surface area contributed by atoms with Gasteiger partial charge < -0.3 is 14.8 Å². The van der Waals surface area contributed by atoms with Gasteiger partial charge in [-0.15, -0.1) is 0 Å². The second-order valence-corrected chi connectivity index (χ2v) is 5.81. The molecule has 1 N–H and O–H groups in total. The van der Waals surface area contributed by atoms with E-state index in [2.05, 4.69) is 39.1 Å². The number of morpholine rings is 1. The molecule has 20 heavy (non-hydrogen) atoms. The van der Waals surface area contributed by atoms with Crippen LogP contribution in [-0.2, 0) is 11.3 Å². The Hall–Kier alpha value is -0.620. The highest BCUT2D eigenvalue weighted by molar-refractivity contribution is 9.10. The summed E-state index contributed by atoms with van der Waals surface area (Å²) in [6.07, 6.45) is 0.151. The third-order valence-electron chi connectivity index (χ3n) is 3.50. The Bertz CT molecular complexity index is 428. The molecule has 0 saturated carbocycles. The first-order valence-corrected chi connectivity index (χ1v) is 7.92. The average Bonchev–Trinajstić information content (AvgIpc) is 2.47. The van der Waals surface area contributed by atoms with Gasteiger partial charge in [0.1, 0.15) is 18.5 Å². The van der Waals surface area contributed by atoms with E-state index >= 15 is 0 Å². The van der Waals surface area contributed by atoms with Crippen molar-refractivity contribution in [2.45, 2.75) is 19.6 Å². The minimum atomic E-state index is 0.151. The topological polar surface area (TPSA) is 33.7 Å². The van der Waals surface area contributed by atoms with Crippen LogP contribution in [0.5, 0.6) is 5.75 Å². The molecule has 1 fully saturated rings. The van der Waals surface area contributed by atoms with Crippen LogP contribution in [-0.4, -0.2) is 50.9 Å². The minimum Gasteiger partial charge on any atom is -0.489 e. The number of ether oxygens (including phenoxy) is 2. The lowest BCUT2D eigenvalue weighted by Gasteiger charge is -2.32. The fourth-order valence-corrected chi connectivity index (χ4v) is 2.91. The largest absolute Gasteiger partial charge is 0.489 e. The molecule has 0 aliphatic carbocycles. The summed E-state index contributed by atoms with van der Waals surface area (Å²) in [5.41, 5.74) is 1.16.